The summed E-state index contributed by atoms with van der Waals surface area (Å²) in [5.41, 5.74) is 0.901. The van der Waals surface area contributed by atoms with Gasteiger partial charge in [-0.15, -0.1) is 0 Å². The zero-order chi connectivity index (χ0) is 15.2. The maximum absolute atomic E-state index is 14.1. The Labute approximate surface area is 124 Å². The van der Waals surface area contributed by atoms with Gasteiger partial charge in [-0.05, 0) is 37.2 Å². The van der Waals surface area contributed by atoms with Gasteiger partial charge in [-0.25, -0.2) is 8.78 Å². The molecule has 2 rings (SSSR count). The number of nitrogens with one attached hydrogen (secondary N) is 1. The smallest absolute Gasteiger partial charge is 0.130 e. The molecule has 112 valence electrons. The van der Waals surface area contributed by atoms with Crippen LogP contribution in [0.3, 0.4) is 0 Å². The number of rotatable bonds is 6. The molecule has 0 saturated heterocycles. The van der Waals surface area contributed by atoms with E-state index in [0.717, 1.165) is 12.1 Å². The standard InChI is InChI=1S/C17H20F2N2/c1-3-10-21-17(12(2)15-9-4-5-11-20-15)16-13(18)7-6-8-14(16)19/h4-9,11-12,17,21H,3,10H2,1-2H3. The predicted octanol–water partition coefficient (Wildman–Crippen LogP) is 4.20. The fraction of sp³-hybridized carbons (Fsp3) is 0.353. The largest absolute Gasteiger partial charge is 0.309 e. The number of hydrogen-bond donors (Lipinski definition) is 1. The topological polar surface area (TPSA) is 24.9 Å². The minimum atomic E-state index is -0.522. The highest BCUT2D eigenvalue weighted by Crippen LogP contribution is 2.32. The fourth-order valence-electron chi connectivity index (χ4n) is 2.45. The fourth-order valence-corrected chi connectivity index (χ4v) is 2.45. The number of nitrogens with zero attached hydrogens (tertiary/aromatic N) is 1. The van der Waals surface area contributed by atoms with Gasteiger partial charge in [0.25, 0.3) is 0 Å². The molecule has 0 saturated carbocycles. The molecule has 0 aliphatic rings. The van der Waals surface area contributed by atoms with Crippen LogP contribution in [-0.2, 0) is 0 Å². The molecule has 0 aliphatic carbocycles. The Morgan fingerprint density at radius 3 is 2.38 bits per heavy atom. The molecule has 1 aromatic heterocycles. The van der Waals surface area contributed by atoms with E-state index in [1.807, 2.05) is 32.0 Å². The molecule has 2 atom stereocenters. The minimum Gasteiger partial charge on any atom is -0.309 e. The Morgan fingerprint density at radius 2 is 1.81 bits per heavy atom. The molecule has 2 aromatic rings. The lowest BCUT2D eigenvalue weighted by Crippen LogP contribution is -2.29. The summed E-state index contributed by atoms with van der Waals surface area (Å²) in [6.45, 7) is 4.64. The average molecular weight is 290 g/mol. The van der Waals surface area contributed by atoms with Crippen LogP contribution in [0.5, 0.6) is 0 Å². The highest BCUT2D eigenvalue weighted by Gasteiger charge is 2.26. The van der Waals surface area contributed by atoms with Crippen LogP contribution < -0.4 is 5.32 Å². The third kappa shape index (κ3) is 3.64. The van der Waals surface area contributed by atoms with E-state index < -0.39 is 17.7 Å². The van der Waals surface area contributed by atoms with Gasteiger partial charge >= 0.3 is 0 Å². The molecule has 0 spiro atoms. The molecule has 2 unspecified atom stereocenters. The van der Waals surface area contributed by atoms with Gasteiger partial charge in [0.15, 0.2) is 0 Å². The Kier molecular flexibility index (Phi) is 5.39. The summed E-state index contributed by atoms with van der Waals surface area (Å²) in [7, 11) is 0. The molecule has 1 N–H and O–H groups in total. The van der Waals surface area contributed by atoms with Crippen molar-refractivity contribution in [3.63, 3.8) is 0 Å². The zero-order valence-electron chi connectivity index (χ0n) is 12.3. The normalized spacial score (nSPS) is 13.9. The van der Waals surface area contributed by atoms with Crippen molar-refractivity contribution in [2.45, 2.75) is 32.2 Å². The number of aromatic nitrogens is 1. The van der Waals surface area contributed by atoms with Gasteiger partial charge in [0.2, 0.25) is 0 Å². The third-order valence-electron chi connectivity index (χ3n) is 3.58. The van der Waals surface area contributed by atoms with E-state index >= 15 is 0 Å². The van der Waals surface area contributed by atoms with Crippen molar-refractivity contribution in [2.75, 3.05) is 6.54 Å². The van der Waals surface area contributed by atoms with Crippen LogP contribution in [0.25, 0.3) is 0 Å². The first-order valence-corrected chi connectivity index (χ1v) is 7.23. The lowest BCUT2D eigenvalue weighted by Gasteiger charge is -2.26. The lowest BCUT2D eigenvalue weighted by atomic mass is 9.90. The second-order valence-corrected chi connectivity index (χ2v) is 5.11. The molecule has 4 heteroatoms. The Morgan fingerprint density at radius 1 is 1.10 bits per heavy atom. The van der Waals surface area contributed by atoms with Gasteiger partial charge in [-0.3, -0.25) is 4.98 Å². The summed E-state index contributed by atoms with van der Waals surface area (Å²) in [4.78, 5) is 4.31. The van der Waals surface area contributed by atoms with E-state index in [2.05, 4.69) is 10.3 Å². The summed E-state index contributed by atoms with van der Waals surface area (Å²) >= 11 is 0. The van der Waals surface area contributed by atoms with Crippen molar-refractivity contribution in [1.29, 1.82) is 0 Å². The molecule has 0 aliphatic heterocycles. The van der Waals surface area contributed by atoms with E-state index in [4.69, 9.17) is 0 Å². The zero-order valence-corrected chi connectivity index (χ0v) is 12.3. The Bertz CT molecular complexity index is 552. The molecule has 1 heterocycles. The van der Waals surface area contributed by atoms with Crippen LogP contribution in [0.1, 0.15) is 43.5 Å². The van der Waals surface area contributed by atoms with Gasteiger partial charge in [-0.2, -0.15) is 0 Å². The predicted molar refractivity (Wildman–Crippen MR) is 80.0 cm³/mol. The van der Waals surface area contributed by atoms with Crippen molar-refractivity contribution in [1.82, 2.24) is 10.3 Å². The minimum absolute atomic E-state index is 0.0871. The maximum Gasteiger partial charge on any atom is 0.130 e. The number of pyridine rings is 1. The molecule has 21 heavy (non-hydrogen) atoms. The lowest BCUT2D eigenvalue weighted by molar-refractivity contribution is 0.418. The molecule has 0 bridgehead atoms. The van der Waals surface area contributed by atoms with Crippen LogP contribution in [-0.4, -0.2) is 11.5 Å². The molecule has 1 aromatic carbocycles. The molecule has 0 radical (unpaired) electrons. The van der Waals surface area contributed by atoms with Gasteiger partial charge in [-0.1, -0.05) is 26.0 Å². The van der Waals surface area contributed by atoms with Crippen LogP contribution in [0.15, 0.2) is 42.6 Å². The van der Waals surface area contributed by atoms with Crippen molar-refractivity contribution in [2.24, 2.45) is 0 Å². The van der Waals surface area contributed by atoms with Crippen LogP contribution in [0.4, 0.5) is 8.78 Å². The first-order chi connectivity index (χ1) is 10.1. The second-order valence-electron chi connectivity index (χ2n) is 5.11. The number of hydrogen-bond acceptors (Lipinski definition) is 2. The molecular weight excluding hydrogens is 270 g/mol. The van der Waals surface area contributed by atoms with E-state index in [9.17, 15) is 8.78 Å². The summed E-state index contributed by atoms with van der Waals surface area (Å²) in [5.74, 6) is -1.18. The van der Waals surface area contributed by atoms with Crippen molar-refractivity contribution in [3.8, 4) is 0 Å². The quantitative estimate of drug-likeness (QED) is 0.862. The Balaban J connectivity index is 2.39. The highest BCUT2D eigenvalue weighted by atomic mass is 19.1. The summed E-state index contributed by atoms with van der Waals surface area (Å²) in [6, 6.07) is 9.12. The number of benzene rings is 1. The first-order valence-electron chi connectivity index (χ1n) is 7.23. The molecular formula is C17H20F2N2. The summed E-state index contributed by atoms with van der Waals surface area (Å²) < 4.78 is 28.2. The first kappa shape index (κ1) is 15.6. The van der Waals surface area contributed by atoms with Gasteiger partial charge in [0.05, 0.1) is 0 Å². The molecule has 0 fully saturated rings. The molecule has 2 nitrogen and oxygen atoms in total. The average Bonchev–Trinajstić information content (AvgIpc) is 2.50. The van der Waals surface area contributed by atoms with E-state index in [1.165, 1.54) is 18.2 Å². The SMILES string of the molecule is CCCNC(c1c(F)cccc1F)C(C)c1ccccn1. The maximum atomic E-state index is 14.1. The van der Waals surface area contributed by atoms with Gasteiger partial charge in [0, 0.05) is 29.4 Å². The van der Waals surface area contributed by atoms with Crippen molar-refractivity contribution in [3.05, 3.63) is 65.5 Å². The second kappa shape index (κ2) is 7.27. The number of halogens is 2. The van der Waals surface area contributed by atoms with Crippen LogP contribution in [0.2, 0.25) is 0 Å². The van der Waals surface area contributed by atoms with E-state index in [0.29, 0.717) is 6.54 Å². The van der Waals surface area contributed by atoms with E-state index in [1.54, 1.807) is 6.20 Å². The summed E-state index contributed by atoms with van der Waals surface area (Å²) in [6.07, 6.45) is 2.59. The van der Waals surface area contributed by atoms with Gasteiger partial charge in [0.1, 0.15) is 11.6 Å². The third-order valence-corrected chi connectivity index (χ3v) is 3.58. The van der Waals surface area contributed by atoms with Crippen LogP contribution in [0, 0.1) is 11.6 Å². The molecule has 0 amide bonds. The van der Waals surface area contributed by atoms with Crippen molar-refractivity contribution >= 4 is 0 Å². The summed E-state index contributed by atoms with van der Waals surface area (Å²) in [5, 5.41) is 3.25. The van der Waals surface area contributed by atoms with Crippen molar-refractivity contribution < 1.29 is 8.78 Å². The van der Waals surface area contributed by atoms with E-state index in [-0.39, 0.29) is 11.5 Å². The monoisotopic (exact) mass is 290 g/mol. The highest BCUT2D eigenvalue weighted by molar-refractivity contribution is 5.27. The Hall–Kier alpha value is -1.81. The van der Waals surface area contributed by atoms with Crippen LogP contribution >= 0.6 is 0 Å². The van der Waals surface area contributed by atoms with Gasteiger partial charge < -0.3 is 5.32 Å².